The number of fused-ring (bicyclic) bond motifs is 1. The predicted octanol–water partition coefficient (Wildman–Crippen LogP) is 2.29. The van der Waals surface area contributed by atoms with E-state index in [1.807, 2.05) is 6.92 Å². The van der Waals surface area contributed by atoms with Gasteiger partial charge in [0.1, 0.15) is 17.9 Å². The van der Waals surface area contributed by atoms with Crippen LogP contribution in [0.25, 0.3) is 11.0 Å². The number of rotatable bonds is 5. The number of hydrogen-bond acceptors (Lipinski definition) is 7. The van der Waals surface area contributed by atoms with E-state index in [-0.39, 0.29) is 18.7 Å². The van der Waals surface area contributed by atoms with Crippen molar-refractivity contribution >= 4 is 39.2 Å². The third-order valence-corrected chi connectivity index (χ3v) is 5.15. The summed E-state index contributed by atoms with van der Waals surface area (Å²) in [5.41, 5.74) is 1.09. The van der Waals surface area contributed by atoms with Crippen LogP contribution in [0.3, 0.4) is 0 Å². The van der Waals surface area contributed by atoms with E-state index >= 15 is 0 Å². The quantitative estimate of drug-likeness (QED) is 0.675. The molecule has 0 aliphatic carbocycles. The third-order valence-electron chi connectivity index (χ3n) is 4.03. The summed E-state index contributed by atoms with van der Waals surface area (Å²) in [4.78, 5) is 46.1. The van der Waals surface area contributed by atoms with Crippen molar-refractivity contribution in [2.45, 2.75) is 27.3 Å². The van der Waals surface area contributed by atoms with E-state index in [9.17, 15) is 14.4 Å². The molecule has 0 aromatic carbocycles. The maximum absolute atomic E-state index is 12.5. The van der Waals surface area contributed by atoms with Gasteiger partial charge in [-0.3, -0.25) is 14.2 Å². The molecule has 0 fully saturated rings. The maximum atomic E-state index is 12.5. The van der Waals surface area contributed by atoms with Crippen LogP contribution in [-0.2, 0) is 16.1 Å². The number of anilines is 1. The molecule has 0 spiro atoms. The van der Waals surface area contributed by atoms with Crippen LogP contribution in [-0.4, -0.2) is 33.0 Å². The highest BCUT2D eigenvalue weighted by Gasteiger charge is 2.22. The van der Waals surface area contributed by atoms with Gasteiger partial charge in [0.15, 0.2) is 5.65 Å². The average molecular weight is 386 g/mol. The summed E-state index contributed by atoms with van der Waals surface area (Å²) in [6.45, 7) is 5.40. The van der Waals surface area contributed by atoms with Gasteiger partial charge in [-0.25, -0.2) is 14.8 Å². The number of carbonyl (C=O) groups is 2. The molecular formula is C18H18N4O4S. The number of nitrogens with zero attached hydrogens (tertiary/aromatic N) is 3. The highest BCUT2D eigenvalue weighted by atomic mass is 32.1. The number of nitrogens with one attached hydrogen (secondary N) is 1. The molecule has 27 heavy (non-hydrogen) atoms. The first-order valence-electron chi connectivity index (χ1n) is 8.29. The van der Waals surface area contributed by atoms with Crippen LogP contribution in [0.5, 0.6) is 0 Å². The maximum Gasteiger partial charge on any atom is 0.341 e. The number of ether oxygens (including phenoxy) is 1. The zero-order valence-corrected chi connectivity index (χ0v) is 15.9. The van der Waals surface area contributed by atoms with Crippen molar-refractivity contribution in [2.24, 2.45) is 0 Å². The largest absolute Gasteiger partial charge is 0.462 e. The zero-order chi connectivity index (χ0) is 19.6. The van der Waals surface area contributed by atoms with Gasteiger partial charge in [-0.05, 0) is 38.5 Å². The Kier molecular flexibility index (Phi) is 5.31. The summed E-state index contributed by atoms with van der Waals surface area (Å²) in [5, 5.41) is 3.46. The lowest BCUT2D eigenvalue weighted by Gasteiger charge is -2.09. The number of pyridine rings is 1. The fourth-order valence-corrected chi connectivity index (χ4v) is 3.66. The van der Waals surface area contributed by atoms with E-state index in [2.05, 4.69) is 15.3 Å². The van der Waals surface area contributed by atoms with Gasteiger partial charge < -0.3 is 10.1 Å². The summed E-state index contributed by atoms with van der Waals surface area (Å²) in [5.74, 6) is -0.917. The van der Waals surface area contributed by atoms with Crippen LogP contribution in [0.15, 0.2) is 29.5 Å². The lowest BCUT2D eigenvalue weighted by Crippen LogP contribution is -2.28. The molecule has 3 aromatic heterocycles. The molecule has 140 valence electrons. The number of hydrogen-bond donors (Lipinski definition) is 1. The Labute approximate surface area is 158 Å². The van der Waals surface area contributed by atoms with Crippen molar-refractivity contribution in [3.05, 3.63) is 51.0 Å². The van der Waals surface area contributed by atoms with Gasteiger partial charge in [-0.15, -0.1) is 11.3 Å². The van der Waals surface area contributed by atoms with Crippen molar-refractivity contribution in [3.63, 3.8) is 0 Å². The summed E-state index contributed by atoms with van der Waals surface area (Å²) < 4.78 is 6.28. The smallest absolute Gasteiger partial charge is 0.341 e. The van der Waals surface area contributed by atoms with Crippen LogP contribution in [0.1, 0.15) is 27.7 Å². The van der Waals surface area contributed by atoms with Crippen molar-refractivity contribution in [1.29, 1.82) is 0 Å². The summed E-state index contributed by atoms with van der Waals surface area (Å²) >= 11 is 1.30. The number of amides is 1. The summed E-state index contributed by atoms with van der Waals surface area (Å²) in [7, 11) is 0. The lowest BCUT2D eigenvalue weighted by atomic mass is 10.1. The topological polar surface area (TPSA) is 103 Å². The second kappa shape index (κ2) is 7.67. The second-order valence-corrected chi connectivity index (χ2v) is 7.03. The first-order valence-corrected chi connectivity index (χ1v) is 9.11. The fourth-order valence-electron chi connectivity index (χ4n) is 2.60. The van der Waals surface area contributed by atoms with Gasteiger partial charge in [0, 0.05) is 11.1 Å². The molecule has 0 saturated carbocycles. The number of thiophene rings is 1. The van der Waals surface area contributed by atoms with Gasteiger partial charge in [0.25, 0.3) is 5.56 Å². The average Bonchev–Trinajstić information content (AvgIpc) is 2.91. The SMILES string of the molecule is CCOC(=O)c1c(NC(=O)Cn2cnc3ncccc3c2=O)sc(C)c1C. The van der Waals surface area contributed by atoms with Gasteiger partial charge in [-0.1, -0.05) is 0 Å². The molecule has 0 radical (unpaired) electrons. The molecule has 3 rings (SSSR count). The van der Waals surface area contributed by atoms with E-state index in [0.717, 1.165) is 10.4 Å². The molecule has 0 aliphatic heterocycles. The van der Waals surface area contributed by atoms with E-state index in [1.54, 1.807) is 32.2 Å². The Morgan fingerprint density at radius 2 is 2.07 bits per heavy atom. The van der Waals surface area contributed by atoms with Gasteiger partial charge in [0.05, 0.1) is 17.6 Å². The highest BCUT2D eigenvalue weighted by molar-refractivity contribution is 7.16. The van der Waals surface area contributed by atoms with Crippen molar-refractivity contribution < 1.29 is 14.3 Å². The molecule has 3 aromatic rings. The minimum Gasteiger partial charge on any atom is -0.462 e. The minimum atomic E-state index is -0.481. The van der Waals surface area contributed by atoms with Crippen LogP contribution in [0, 0.1) is 13.8 Å². The Hall–Kier alpha value is -3.07. The molecule has 9 heteroatoms. The number of aryl methyl sites for hydroxylation is 1. The Bertz CT molecular complexity index is 1090. The van der Waals surface area contributed by atoms with Gasteiger partial charge in [0.2, 0.25) is 5.91 Å². The minimum absolute atomic E-state index is 0.227. The predicted molar refractivity (Wildman–Crippen MR) is 102 cm³/mol. The van der Waals surface area contributed by atoms with Crippen molar-refractivity contribution in [3.8, 4) is 0 Å². The summed E-state index contributed by atoms with van der Waals surface area (Å²) in [6.07, 6.45) is 2.83. The van der Waals surface area contributed by atoms with Crippen molar-refractivity contribution in [2.75, 3.05) is 11.9 Å². The monoisotopic (exact) mass is 386 g/mol. The first-order chi connectivity index (χ1) is 12.9. The molecule has 0 aliphatic rings. The number of carbonyl (C=O) groups excluding carboxylic acids is 2. The molecule has 1 amide bonds. The van der Waals surface area contributed by atoms with Crippen LogP contribution >= 0.6 is 11.3 Å². The van der Waals surface area contributed by atoms with Gasteiger partial charge >= 0.3 is 5.97 Å². The lowest BCUT2D eigenvalue weighted by molar-refractivity contribution is -0.116. The third kappa shape index (κ3) is 3.72. The van der Waals surface area contributed by atoms with E-state index < -0.39 is 11.9 Å². The number of esters is 1. The normalized spacial score (nSPS) is 10.8. The molecule has 0 bridgehead atoms. The molecule has 0 saturated heterocycles. The van der Waals surface area contributed by atoms with Crippen LogP contribution < -0.4 is 10.9 Å². The molecule has 1 N–H and O–H groups in total. The fraction of sp³-hybridized carbons (Fsp3) is 0.278. The first kappa shape index (κ1) is 18.7. The molecule has 3 heterocycles. The van der Waals surface area contributed by atoms with Gasteiger partial charge in [-0.2, -0.15) is 0 Å². The Morgan fingerprint density at radius 1 is 1.30 bits per heavy atom. The van der Waals surface area contributed by atoms with Crippen LogP contribution in [0.4, 0.5) is 5.00 Å². The summed E-state index contributed by atoms with van der Waals surface area (Å²) in [6, 6.07) is 3.25. The zero-order valence-electron chi connectivity index (χ0n) is 15.1. The van der Waals surface area contributed by atoms with E-state index in [0.29, 0.717) is 21.6 Å². The standard InChI is InChI=1S/C18H18N4O4S/c1-4-26-18(25)14-10(2)11(3)27-16(14)21-13(23)8-22-9-20-15-12(17(22)24)6-5-7-19-15/h5-7,9H,4,8H2,1-3H3,(H,21,23). The van der Waals surface area contributed by atoms with Crippen molar-refractivity contribution in [1.82, 2.24) is 14.5 Å². The van der Waals surface area contributed by atoms with Crippen LogP contribution in [0.2, 0.25) is 0 Å². The van der Waals surface area contributed by atoms with E-state index in [4.69, 9.17) is 4.74 Å². The second-order valence-electron chi connectivity index (χ2n) is 5.81. The Morgan fingerprint density at radius 3 is 2.81 bits per heavy atom. The number of aromatic nitrogens is 3. The molecule has 8 nitrogen and oxygen atoms in total. The molecule has 0 atom stereocenters. The van der Waals surface area contributed by atoms with E-state index in [1.165, 1.54) is 22.2 Å². The Balaban J connectivity index is 1.85. The molecular weight excluding hydrogens is 368 g/mol. The molecule has 0 unspecified atom stereocenters. The highest BCUT2D eigenvalue weighted by Crippen LogP contribution is 2.33.